The number of hydrogen-bond donors (Lipinski definition) is 2. The topological polar surface area (TPSA) is 53.4 Å². The minimum atomic E-state index is -2.20. The number of pyridine rings is 1. The van der Waals surface area contributed by atoms with Gasteiger partial charge < -0.3 is 10.0 Å². The molecule has 0 radical (unpaired) electrons. The van der Waals surface area contributed by atoms with Crippen LogP contribution in [0.4, 0.5) is 13.2 Å². The zero-order valence-corrected chi connectivity index (χ0v) is 5.63. The summed E-state index contributed by atoms with van der Waals surface area (Å²) in [7, 11) is -2.20. The maximum atomic E-state index is 12.4. The highest BCUT2D eigenvalue weighted by atomic mass is 19.2. The van der Waals surface area contributed by atoms with Gasteiger partial charge in [-0.05, 0) is 6.07 Å². The van der Waals surface area contributed by atoms with Crippen molar-refractivity contribution >= 4 is 12.6 Å². The van der Waals surface area contributed by atoms with Crippen LogP contribution < -0.4 is 5.46 Å². The zero-order valence-electron chi connectivity index (χ0n) is 5.63. The number of rotatable bonds is 1. The largest absolute Gasteiger partial charge is 0.493 e. The molecule has 0 spiro atoms. The van der Waals surface area contributed by atoms with Crippen LogP contribution in [0.3, 0.4) is 0 Å². The Bertz CT molecular complexity index is 307. The number of halogens is 3. The Balaban J connectivity index is 3.23. The molecule has 1 rings (SSSR count). The van der Waals surface area contributed by atoms with Crippen LogP contribution in [-0.2, 0) is 0 Å². The highest BCUT2D eigenvalue weighted by molar-refractivity contribution is 6.58. The maximum Gasteiger partial charge on any atom is 0.493 e. The van der Waals surface area contributed by atoms with Crippen LogP contribution in [0, 0.1) is 17.7 Å². The van der Waals surface area contributed by atoms with E-state index in [-0.39, 0.29) is 0 Å². The molecule has 0 aliphatic heterocycles. The first-order valence-corrected chi connectivity index (χ1v) is 2.90. The van der Waals surface area contributed by atoms with E-state index in [1.165, 1.54) is 0 Å². The lowest BCUT2D eigenvalue weighted by molar-refractivity contribution is 0.414. The van der Waals surface area contributed by atoms with E-state index in [0.29, 0.717) is 6.07 Å². The van der Waals surface area contributed by atoms with E-state index in [4.69, 9.17) is 10.0 Å². The molecular formula is C5H3BF3NO2. The van der Waals surface area contributed by atoms with E-state index in [0.717, 1.165) is 0 Å². The Morgan fingerprint density at radius 2 is 1.75 bits per heavy atom. The molecule has 0 amide bonds. The Kier molecular flexibility index (Phi) is 2.34. The summed E-state index contributed by atoms with van der Waals surface area (Å²) in [5.74, 6) is -4.49. The third kappa shape index (κ3) is 1.57. The average Bonchev–Trinajstić information content (AvgIpc) is 1.96. The van der Waals surface area contributed by atoms with Crippen molar-refractivity contribution in [3.8, 4) is 0 Å². The Hall–Kier alpha value is -1.08. The van der Waals surface area contributed by atoms with E-state index in [9.17, 15) is 13.2 Å². The summed E-state index contributed by atoms with van der Waals surface area (Å²) in [4.78, 5) is 2.47. The molecule has 1 heterocycles. The average molecular weight is 177 g/mol. The summed E-state index contributed by atoms with van der Waals surface area (Å²) in [6, 6.07) is 0.336. The van der Waals surface area contributed by atoms with Crippen molar-refractivity contribution in [2.75, 3.05) is 0 Å². The Morgan fingerprint density at radius 1 is 1.17 bits per heavy atom. The smallest absolute Gasteiger partial charge is 0.423 e. The van der Waals surface area contributed by atoms with Crippen molar-refractivity contribution in [2.24, 2.45) is 0 Å². The molecule has 2 N–H and O–H groups in total. The molecule has 0 saturated carbocycles. The minimum absolute atomic E-state index is 0.336. The summed E-state index contributed by atoms with van der Waals surface area (Å²) in [5.41, 5.74) is -0.797. The molecule has 0 aliphatic rings. The van der Waals surface area contributed by atoms with Crippen molar-refractivity contribution in [1.82, 2.24) is 4.98 Å². The molecule has 1 aromatic rings. The maximum absolute atomic E-state index is 12.4. The van der Waals surface area contributed by atoms with Gasteiger partial charge in [0.05, 0.1) is 0 Å². The summed E-state index contributed by atoms with van der Waals surface area (Å²) in [6.45, 7) is 0. The van der Waals surface area contributed by atoms with Crippen LogP contribution in [0.25, 0.3) is 0 Å². The molecule has 0 unspecified atom stereocenters. The highest BCUT2D eigenvalue weighted by Gasteiger charge is 2.20. The van der Waals surface area contributed by atoms with Crippen LogP contribution in [0.15, 0.2) is 6.07 Å². The summed E-state index contributed by atoms with van der Waals surface area (Å²) < 4.78 is 36.9. The predicted molar refractivity (Wildman–Crippen MR) is 33.9 cm³/mol. The molecule has 0 atom stereocenters. The van der Waals surface area contributed by atoms with Gasteiger partial charge in [-0.3, -0.25) is 0 Å². The van der Waals surface area contributed by atoms with Crippen LogP contribution >= 0.6 is 0 Å². The van der Waals surface area contributed by atoms with Crippen molar-refractivity contribution in [1.29, 1.82) is 0 Å². The summed E-state index contributed by atoms with van der Waals surface area (Å²) >= 11 is 0. The van der Waals surface area contributed by atoms with Gasteiger partial charge in [-0.25, -0.2) is 4.39 Å². The van der Waals surface area contributed by atoms with E-state index in [1.54, 1.807) is 0 Å². The molecule has 0 aliphatic carbocycles. The van der Waals surface area contributed by atoms with E-state index >= 15 is 0 Å². The fourth-order valence-corrected chi connectivity index (χ4v) is 0.641. The van der Waals surface area contributed by atoms with Gasteiger partial charge in [-0.15, -0.1) is 0 Å². The molecule has 7 heteroatoms. The van der Waals surface area contributed by atoms with Crippen LogP contribution in [0.1, 0.15) is 0 Å². The molecule has 3 nitrogen and oxygen atoms in total. The minimum Gasteiger partial charge on any atom is -0.423 e. The first kappa shape index (κ1) is 9.02. The van der Waals surface area contributed by atoms with Gasteiger partial charge in [0.25, 0.3) is 5.95 Å². The SMILES string of the molecule is OB(O)c1cc(F)c(F)nc1F. The monoisotopic (exact) mass is 177 g/mol. The number of aromatic nitrogens is 1. The molecule has 0 saturated heterocycles. The molecule has 0 aromatic carbocycles. The van der Waals surface area contributed by atoms with Gasteiger partial charge in [-0.1, -0.05) is 0 Å². The van der Waals surface area contributed by atoms with Gasteiger partial charge in [0.2, 0.25) is 5.95 Å². The lowest BCUT2D eigenvalue weighted by Gasteiger charge is -2.00. The van der Waals surface area contributed by atoms with Crippen molar-refractivity contribution < 1.29 is 23.2 Å². The summed E-state index contributed by atoms with van der Waals surface area (Å²) in [6.07, 6.45) is 0. The van der Waals surface area contributed by atoms with E-state index in [1.807, 2.05) is 0 Å². The van der Waals surface area contributed by atoms with Crippen LogP contribution in [0.5, 0.6) is 0 Å². The first-order valence-electron chi connectivity index (χ1n) is 2.90. The van der Waals surface area contributed by atoms with Gasteiger partial charge in [-0.2, -0.15) is 13.8 Å². The van der Waals surface area contributed by atoms with Gasteiger partial charge in [0.1, 0.15) is 0 Å². The second kappa shape index (κ2) is 3.12. The van der Waals surface area contributed by atoms with Crippen molar-refractivity contribution in [2.45, 2.75) is 0 Å². The molecule has 64 valence electrons. The molecular weight excluding hydrogens is 174 g/mol. The van der Waals surface area contributed by atoms with Crippen molar-refractivity contribution in [3.05, 3.63) is 23.8 Å². The van der Waals surface area contributed by atoms with E-state index in [2.05, 4.69) is 4.98 Å². The second-order valence-corrected chi connectivity index (χ2v) is 2.01. The van der Waals surface area contributed by atoms with Gasteiger partial charge in [0.15, 0.2) is 5.82 Å². The zero-order chi connectivity index (χ0) is 9.30. The Morgan fingerprint density at radius 3 is 2.25 bits per heavy atom. The molecule has 1 aromatic heterocycles. The van der Waals surface area contributed by atoms with Gasteiger partial charge >= 0.3 is 7.12 Å². The van der Waals surface area contributed by atoms with E-state index < -0.39 is 30.3 Å². The number of hydrogen-bond acceptors (Lipinski definition) is 3. The normalized spacial score (nSPS) is 10.1. The lowest BCUT2D eigenvalue weighted by Crippen LogP contribution is -2.34. The van der Waals surface area contributed by atoms with Crippen LogP contribution in [-0.4, -0.2) is 22.2 Å². The fraction of sp³-hybridized carbons (Fsp3) is 0. The third-order valence-electron chi connectivity index (χ3n) is 1.19. The fourth-order valence-electron chi connectivity index (χ4n) is 0.641. The Labute approximate surface area is 65.6 Å². The predicted octanol–water partition coefficient (Wildman–Crippen LogP) is -0.821. The molecule has 12 heavy (non-hydrogen) atoms. The summed E-state index contributed by atoms with van der Waals surface area (Å²) in [5, 5.41) is 16.8. The van der Waals surface area contributed by atoms with Crippen molar-refractivity contribution in [3.63, 3.8) is 0 Å². The molecule has 0 fully saturated rings. The standard InChI is InChI=1S/C5H3BF3NO2/c7-3-1-2(6(11)12)4(8)10-5(3)9/h1,11-12H. The highest BCUT2D eigenvalue weighted by Crippen LogP contribution is 2.01. The lowest BCUT2D eigenvalue weighted by atomic mass is 9.81. The molecule has 0 bridgehead atoms. The number of nitrogens with zero attached hydrogens (tertiary/aromatic N) is 1. The third-order valence-corrected chi connectivity index (χ3v) is 1.19. The van der Waals surface area contributed by atoms with Gasteiger partial charge in [0, 0.05) is 5.46 Å². The second-order valence-electron chi connectivity index (χ2n) is 2.01. The van der Waals surface area contributed by atoms with Crippen LogP contribution in [0.2, 0.25) is 0 Å². The first-order chi connectivity index (χ1) is 5.52. The quantitative estimate of drug-likeness (QED) is 0.435.